The number of morpholine rings is 1. The summed E-state index contributed by atoms with van der Waals surface area (Å²) in [6.07, 6.45) is 0. The van der Waals surface area contributed by atoms with Gasteiger partial charge in [-0.2, -0.15) is 4.98 Å². The van der Waals surface area contributed by atoms with E-state index < -0.39 is 5.63 Å². The van der Waals surface area contributed by atoms with Crippen molar-refractivity contribution in [1.29, 1.82) is 0 Å². The Bertz CT molecular complexity index is 1300. The van der Waals surface area contributed by atoms with Gasteiger partial charge in [-0.3, -0.25) is 4.79 Å². The first-order chi connectivity index (χ1) is 16.4. The monoisotopic (exact) mass is 591 g/mol. The highest BCUT2D eigenvalue weighted by atomic mass is 79.9. The number of aromatic nitrogens is 2. The van der Waals surface area contributed by atoms with Crippen LogP contribution in [0.2, 0.25) is 0 Å². The molecule has 34 heavy (non-hydrogen) atoms. The molecule has 0 saturated carbocycles. The Morgan fingerprint density at radius 3 is 2.41 bits per heavy atom. The van der Waals surface area contributed by atoms with Crippen LogP contribution in [0.25, 0.3) is 11.0 Å². The van der Waals surface area contributed by atoms with Crippen LogP contribution in [0.5, 0.6) is 0 Å². The van der Waals surface area contributed by atoms with Crippen LogP contribution in [0, 0.1) is 6.92 Å². The van der Waals surface area contributed by atoms with E-state index in [9.17, 15) is 9.59 Å². The van der Waals surface area contributed by atoms with E-state index in [2.05, 4.69) is 46.6 Å². The highest BCUT2D eigenvalue weighted by Crippen LogP contribution is 2.28. The molecule has 178 valence electrons. The summed E-state index contributed by atoms with van der Waals surface area (Å²) in [4.78, 5) is 41.1. The third-order valence-electron chi connectivity index (χ3n) is 6.00. The second kappa shape index (κ2) is 9.63. The lowest BCUT2D eigenvalue weighted by Gasteiger charge is -2.35. The van der Waals surface area contributed by atoms with Crippen molar-refractivity contribution >= 4 is 60.5 Å². The minimum absolute atomic E-state index is 0.0346. The number of hydrogen-bond acceptors (Lipinski definition) is 8. The highest BCUT2D eigenvalue weighted by molar-refractivity contribution is 9.11. The SMILES string of the molecule is Cc1cc(N2CCOCC2)nc(N2CCN(C(=O)c3cc4cc(Br)cc(Br)c4oc3=O)CC2)n1. The summed E-state index contributed by atoms with van der Waals surface area (Å²) >= 11 is 6.83. The summed E-state index contributed by atoms with van der Waals surface area (Å²) in [5.41, 5.74) is 0.714. The number of fused-ring (bicyclic) bond motifs is 1. The number of halogens is 2. The van der Waals surface area contributed by atoms with Crippen molar-refractivity contribution in [3.63, 3.8) is 0 Å². The van der Waals surface area contributed by atoms with E-state index >= 15 is 0 Å². The molecule has 11 heteroatoms. The molecule has 1 amide bonds. The molecule has 0 radical (unpaired) electrons. The van der Waals surface area contributed by atoms with Crippen molar-refractivity contribution in [3.8, 4) is 0 Å². The summed E-state index contributed by atoms with van der Waals surface area (Å²) in [6.45, 7) is 7.03. The lowest BCUT2D eigenvalue weighted by Crippen LogP contribution is -2.50. The molecule has 2 aliphatic rings. The smallest absolute Gasteiger partial charge is 0.349 e. The third-order valence-corrected chi connectivity index (χ3v) is 7.04. The van der Waals surface area contributed by atoms with Gasteiger partial charge in [0.15, 0.2) is 5.58 Å². The second-order valence-electron chi connectivity index (χ2n) is 8.30. The number of benzene rings is 1. The van der Waals surface area contributed by atoms with Crippen molar-refractivity contribution in [1.82, 2.24) is 14.9 Å². The van der Waals surface area contributed by atoms with Gasteiger partial charge < -0.3 is 23.9 Å². The zero-order valence-electron chi connectivity index (χ0n) is 18.6. The molecule has 0 atom stereocenters. The molecule has 2 saturated heterocycles. The maximum absolute atomic E-state index is 13.2. The lowest BCUT2D eigenvalue weighted by molar-refractivity contribution is 0.0742. The molecular formula is C23H23Br2N5O4. The fourth-order valence-electron chi connectivity index (χ4n) is 4.22. The van der Waals surface area contributed by atoms with Gasteiger partial charge >= 0.3 is 5.63 Å². The fraction of sp³-hybridized carbons (Fsp3) is 0.391. The van der Waals surface area contributed by atoms with Crippen LogP contribution in [0.4, 0.5) is 11.8 Å². The number of rotatable bonds is 3. The van der Waals surface area contributed by atoms with Crippen molar-refractivity contribution in [2.45, 2.75) is 6.92 Å². The molecule has 0 aliphatic carbocycles. The molecule has 2 aromatic heterocycles. The van der Waals surface area contributed by atoms with Crippen LogP contribution < -0.4 is 15.4 Å². The van der Waals surface area contributed by atoms with Gasteiger partial charge in [0.05, 0.1) is 17.7 Å². The van der Waals surface area contributed by atoms with E-state index in [1.165, 1.54) is 0 Å². The van der Waals surface area contributed by atoms with Gasteiger partial charge in [0.1, 0.15) is 11.4 Å². The van der Waals surface area contributed by atoms with E-state index in [0.717, 1.165) is 29.1 Å². The first-order valence-electron chi connectivity index (χ1n) is 11.0. The Labute approximate surface area is 213 Å². The molecule has 1 aromatic carbocycles. The van der Waals surface area contributed by atoms with E-state index in [1.54, 1.807) is 17.0 Å². The van der Waals surface area contributed by atoms with E-state index in [0.29, 0.717) is 60.8 Å². The van der Waals surface area contributed by atoms with Crippen LogP contribution in [0.1, 0.15) is 16.1 Å². The zero-order chi connectivity index (χ0) is 23.8. The van der Waals surface area contributed by atoms with Crippen molar-refractivity contribution in [3.05, 3.63) is 54.9 Å². The zero-order valence-corrected chi connectivity index (χ0v) is 21.8. The summed E-state index contributed by atoms with van der Waals surface area (Å²) in [5, 5.41) is 0.673. The average Bonchev–Trinajstić information content (AvgIpc) is 2.84. The molecule has 9 nitrogen and oxygen atoms in total. The second-order valence-corrected chi connectivity index (χ2v) is 10.1. The predicted octanol–water partition coefficient (Wildman–Crippen LogP) is 3.22. The summed E-state index contributed by atoms with van der Waals surface area (Å²) < 4.78 is 12.4. The van der Waals surface area contributed by atoms with Crippen LogP contribution in [0.15, 0.2) is 42.4 Å². The molecule has 0 N–H and O–H groups in total. The molecular weight excluding hydrogens is 570 g/mol. The maximum Gasteiger partial charge on any atom is 0.349 e. The third kappa shape index (κ3) is 4.69. The summed E-state index contributed by atoms with van der Waals surface area (Å²) in [6, 6.07) is 7.21. The van der Waals surface area contributed by atoms with E-state index in [-0.39, 0.29) is 11.5 Å². The van der Waals surface area contributed by atoms with Gasteiger partial charge in [-0.15, -0.1) is 0 Å². The van der Waals surface area contributed by atoms with Gasteiger partial charge in [0.2, 0.25) is 5.95 Å². The van der Waals surface area contributed by atoms with Crippen molar-refractivity contribution in [2.75, 3.05) is 62.3 Å². The molecule has 5 rings (SSSR count). The number of ether oxygens (including phenoxy) is 1. The van der Waals surface area contributed by atoms with Gasteiger partial charge in [-0.05, 0) is 41.1 Å². The number of hydrogen-bond donors (Lipinski definition) is 0. The van der Waals surface area contributed by atoms with E-state index in [1.807, 2.05) is 19.1 Å². The predicted molar refractivity (Wildman–Crippen MR) is 136 cm³/mol. The molecule has 2 fully saturated rings. The Balaban J connectivity index is 1.32. The Kier molecular flexibility index (Phi) is 6.59. The van der Waals surface area contributed by atoms with Gasteiger partial charge in [-0.1, -0.05) is 15.9 Å². The first-order valence-corrected chi connectivity index (χ1v) is 12.6. The number of anilines is 2. The number of aryl methyl sites for hydroxylation is 1. The molecule has 0 unspecified atom stereocenters. The highest BCUT2D eigenvalue weighted by Gasteiger charge is 2.27. The largest absolute Gasteiger partial charge is 0.421 e. The molecule has 0 spiro atoms. The lowest BCUT2D eigenvalue weighted by atomic mass is 10.1. The number of piperazine rings is 1. The van der Waals surface area contributed by atoms with Crippen molar-refractivity contribution in [2.24, 2.45) is 0 Å². The van der Waals surface area contributed by atoms with Crippen LogP contribution >= 0.6 is 31.9 Å². The van der Waals surface area contributed by atoms with Gasteiger partial charge in [0.25, 0.3) is 5.91 Å². The van der Waals surface area contributed by atoms with E-state index in [4.69, 9.17) is 14.1 Å². The number of carbonyl (C=O) groups excluding carboxylic acids is 1. The molecule has 4 heterocycles. The average molecular weight is 593 g/mol. The van der Waals surface area contributed by atoms with Crippen molar-refractivity contribution < 1.29 is 13.9 Å². The first kappa shape index (κ1) is 23.3. The summed E-state index contributed by atoms with van der Waals surface area (Å²) in [5.74, 6) is 1.23. The molecule has 0 bridgehead atoms. The minimum atomic E-state index is -0.639. The number of carbonyl (C=O) groups is 1. The van der Waals surface area contributed by atoms with Crippen LogP contribution in [0.3, 0.4) is 0 Å². The quantitative estimate of drug-likeness (QED) is 0.428. The molecule has 2 aliphatic heterocycles. The van der Waals surface area contributed by atoms with Gasteiger partial charge in [0, 0.05) is 60.9 Å². The minimum Gasteiger partial charge on any atom is -0.421 e. The maximum atomic E-state index is 13.2. The van der Waals surface area contributed by atoms with Crippen LogP contribution in [-0.2, 0) is 4.74 Å². The molecule has 3 aromatic rings. The standard InChI is InChI=1S/C23H23Br2N5O4/c1-14-10-19(28-6-8-33-9-7-28)27-23(26-14)30-4-2-29(3-5-30)21(31)17-12-15-11-16(24)13-18(25)20(15)34-22(17)32/h10-13H,2-9H2,1H3. The van der Waals surface area contributed by atoms with Gasteiger partial charge in [-0.25, -0.2) is 9.78 Å². The summed E-state index contributed by atoms with van der Waals surface area (Å²) in [7, 11) is 0. The van der Waals surface area contributed by atoms with Crippen LogP contribution in [-0.4, -0.2) is 73.3 Å². The Morgan fingerprint density at radius 2 is 1.68 bits per heavy atom. The Hall–Kier alpha value is -2.50. The number of nitrogens with zero attached hydrogens (tertiary/aromatic N) is 5. The topological polar surface area (TPSA) is 92.0 Å². The normalized spacial score (nSPS) is 16.9. The Morgan fingerprint density at radius 1 is 0.941 bits per heavy atom. The fourth-order valence-corrected chi connectivity index (χ4v) is 5.56. The number of amides is 1.